The minimum absolute atomic E-state index is 0.0276. The van der Waals surface area contributed by atoms with Crippen LogP contribution in [0.25, 0.3) is 0 Å². The number of nitrogens with zero attached hydrogens (tertiary/aromatic N) is 1. The maximum atomic E-state index is 12.5. The summed E-state index contributed by atoms with van der Waals surface area (Å²) in [6, 6.07) is 0.179. The van der Waals surface area contributed by atoms with E-state index in [9.17, 15) is 9.59 Å². The largest absolute Gasteiger partial charge is 0.469 e. The van der Waals surface area contributed by atoms with Gasteiger partial charge >= 0.3 is 5.97 Å². The fourth-order valence-corrected chi connectivity index (χ4v) is 2.24. The highest BCUT2D eigenvalue weighted by Crippen LogP contribution is 2.14. The van der Waals surface area contributed by atoms with Gasteiger partial charge in [-0.1, -0.05) is 27.2 Å². The predicted molar refractivity (Wildman–Crippen MR) is 84.7 cm³/mol. The minimum Gasteiger partial charge on any atom is -0.469 e. The molecule has 0 aromatic heterocycles. The van der Waals surface area contributed by atoms with E-state index < -0.39 is 0 Å². The first-order chi connectivity index (χ1) is 9.77. The van der Waals surface area contributed by atoms with Crippen LogP contribution in [0.15, 0.2) is 0 Å². The highest BCUT2D eigenvalue weighted by atomic mass is 16.5. The third-order valence-electron chi connectivity index (χ3n) is 3.43. The van der Waals surface area contributed by atoms with Crippen molar-refractivity contribution < 1.29 is 14.3 Å². The fourth-order valence-electron chi connectivity index (χ4n) is 2.24. The third-order valence-corrected chi connectivity index (χ3v) is 3.43. The summed E-state index contributed by atoms with van der Waals surface area (Å²) >= 11 is 0. The van der Waals surface area contributed by atoms with Crippen molar-refractivity contribution in [2.24, 2.45) is 17.6 Å². The molecule has 0 aliphatic heterocycles. The first-order valence-electron chi connectivity index (χ1n) is 7.89. The summed E-state index contributed by atoms with van der Waals surface area (Å²) in [6.45, 7) is 9.18. The lowest BCUT2D eigenvalue weighted by atomic mass is 10.00. The highest BCUT2D eigenvalue weighted by molar-refractivity contribution is 5.79. The molecule has 5 nitrogen and oxygen atoms in total. The maximum absolute atomic E-state index is 12.5. The zero-order chi connectivity index (χ0) is 16.4. The lowest BCUT2D eigenvalue weighted by Crippen LogP contribution is -2.39. The Balaban J connectivity index is 4.43. The molecule has 21 heavy (non-hydrogen) atoms. The van der Waals surface area contributed by atoms with Crippen LogP contribution in [0.2, 0.25) is 0 Å². The first-order valence-corrected chi connectivity index (χ1v) is 7.89. The molecule has 0 radical (unpaired) electrons. The molecule has 124 valence electrons. The van der Waals surface area contributed by atoms with Crippen LogP contribution in [0, 0.1) is 11.8 Å². The summed E-state index contributed by atoms with van der Waals surface area (Å²) in [5.41, 5.74) is 5.73. The number of hydrogen-bond donors (Lipinski definition) is 1. The molecule has 0 aromatic carbocycles. The van der Waals surface area contributed by atoms with E-state index in [0.29, 0.717) is 19.0 Å². The second-order valence-electron chi connectivity index (χ2n) is 6.31. The quantitative estimate of drug-likeness (QED) is 0.628. The summed E-state index contributed by atoms with van der Waals surface area (Å²) in [4.78, 5) is 25.6. The first kappa shape index (κ1) is 19.9. The zero-order valence-corrected chi connectivity index (χ0v) is 14.2. The number of rotatable bonds is 10. The van der Waals surface area contributed by atoms with Crippen molar-refractivity contribution >= 4 is 11.9 Å². The topological polar surface area (TPSA) is 72.6 Å². The van der Waals surface area contributed by atoms with E-state index in [1.807, 2.05) is 13.8 Å². The monoisotopic (exact) mass is 300 g/mol. The molecular weight excluding hydrogens is 268 g/mol. The van der Waals surface area contributed by atoms with Gasteiger partial charge in [0.1, 0.15) is 0 Å². The van der Waals surface area contributed by atoms with Crippen molar-refractivity contribution in [2.75, 3.05) is 20.2 Å². The van der Waals surface area contributed by atoms with Gasteiger partial charge in [0.05, 0.1) is 13.5 Å². The van der Waals surface area contributed by atoms with E-state index in [0.717, 1.165) is 19.3 Å². The lowest BCUT2D eigenvalue weighted by Gasteiger charge is -2.27. The molecule has 0 aliphatic carbocycles. The molecule has 0 heterocycles. The molecule has 0 aliphatic rings. The Morgan fingerprint density at radius 3 is 2.24 bits per heavy atom. The van der Waals surface area contributed by atoms with Crippen LogP contribution < -0.4 is 5.73 Å². The number of amides is 1. The zero-order valence-electron chi connectivity index (χ0n) is 14.2. The molecule has 2 atom stereocenters. The standard InChI is InChI=1S/C16H32N2O3/c1-12(2)11-18(10-9-15(19)21-5)16(20)13(3)7-6-8-14(4)17/h12-14H,6-11,17H2,1-5H3. The summed E-state index contributed by atoms with van der Waals surface area (Å²) in [7, 11) is 1.37. The van der Waals surface area contributed by atoms with Gasteiger partial charge in [0, 0.05) is 25.0 Å². The van der Waals surface area contributed by atoms with Gasteiger partial charge in [-0.2, -0.15) is 0 Å². The van der Waals surface area contributed by atoms with Crippen molar-refractivity contribution in [3.05, 3.63) is 0 Å². The smallest absolute Gasteiger partial charge is 0.307 e. The number of ether oxygens (including phenoxy) is 1. The second-order valence-corrected chi connectivity index (χ2v) is 6.31. The van der Waals surface area contributed by atoms with Crippen molar-refractivity contribution in [3.8, 4) is 0 Å². The van der Waals surface area contributed by atoms with Crippen LogP contribution in [0.3, 0.4) is 0 Å². The van der Waals surface area contributed by atoms with Gasteiger partial charge in [-0.3, -0.25) is 9.59 Å². The molecule has 0 bridgehead atoms. The number of carbonyl (C=O) groups excluding carboxylic acids is 2. The predicted octanol–water partition coefficient (Wildman–Crippen LogP) is 2.19. The van der Waals surface area contributed by atoms with Gasteiger partial charge in [-0.25, -0.2) is 0 Å². The summed E-state index contributed by atoms with van der Waals surface area (Å²) < 4.78 is 4.65. The third kappa shape index (κ3) is 9.45. The summed E-state index contributed by atoms with van der Waals surface area (Å²) in [6.07, 6.45) is 2.98. The molecule has 2 N–H and O–H groups in total. The molecule has 0 aromatic rings. The number of methoxy groups -OCH3 is 1. The van der Waals surface area contributed by atoms with Crippen LogP contribution in [0.1, 0.15) is 53.4 Å². The Kier molecular flexibility index (Phi) is 10.0. The van der Waals surface area contributed by atoms with Gasteiger partial charge in [0.25, 0.3) is 0 Å². The second kappa shape index (κ2) is 10.6. The molecule has 2 unspecified atom stereocenters. The molecule has 0 rings (SSSR count). The molecule has 1 amide bonds. The Morgan fingerprint density at radius 1 is 1.14 bits per heavy atom. The van der Waals surface area contributed by atoms with Crippen LogP contribution in [0.4, 0.5) is 0 Å². The van der Waals surface area contributed by atoms with Crippen LogP contribution in [-0.4, -0.2) is 43.0 Å². The molecular formula is C16H32N2O3. The van der Waals surface area contributed by atoms with Crippen molar-refractivity contribution in [1.82, 2.24) is 4.90 Å². The molecule has 0 spiro atoms. The Labute approximate surface area is 129 Å². The minimum atomic E-state index is -0.277. The highest BCUT2D eigenvalue weighted by Gasteiger charge is 2.21. The van der Waals surface area contributed by atoms with Gasteiger partial charge in [-0.05, 0) is 25.7 Å². The summed E-state index contributed by atoms with van der Waals surface area (Å²) in [5, 5.41) is 0. The maximum Gasteiger partial charge on any atom is 0.307 e. The van der Waals surface area contributed by atoms with E-state index in [1.54, 1.807) is 4.90 Å². The van der Waals surface area contributed by atoms with E-state index in [2.05, 4.69) is 18.6 Å². The normalized spacial score (nSPS) is 13.9. The van der Waals surface area contributed by atoms with E-state index in [1.165, 1.54) is 7.11 Å². The number of nitrogens with two attached hydrogens (primary N) is 1. The van der Waals surface area contributed by atoms with Gasteiger partial charge < -0.3 is 15.4 Å². The number of hydrogen-bond acceptors (Lipinski definition) is 4. The van der Waals surface area contributed by atoms with Gasteiger partial charge in [-0.15, -0.1) is 0 Å². The van der Waals surface area contributed by atoms with Crippen LogP contribution >= 0.6 is 0 Å². The van der Waals surface area contributed by atoms with Crippen molar-refractivity contribution in [1.29, 1.82) is 0 Å². The molecule has 5 heteroatoms. The molecule has 0 saturated heterocycles. The van der Waals surface area contributed by atoms with Crippen molar-refractivity contribution in [3.63, 3.8) is 0 Å². The van der Waals surface area contributed by atoms with Crippen molar-refractivity contribution in [2.45, 2.75) is 59.4 Å². The van der Waals surface area contributed by atoms with Gasteiger partial charge in [0.15, 0.2) is 0 Å². The van der Waals surface area contributed by atoms with E-state index in [-0.39, 0.29) is 30.3 Å². The average Bonchev–Trinajstić information content (AvgIpc) is 2.41. The lowest BCUT2D eigenvalue weighted by molar-refractivity contribution is -0.142. The number of carbonyl (C=O) groups is 2. The SMILES string of the molecule is COC(=O)CCN(CC(C)C)C(=O)C(C)CCCC(C)N. The fraction of sp³-hybridized carbons (Fsp3) is 0.875. The Bertz CT molecular complexity index is 317. The Hall–Kier alpha value is -1.10. The number of esters is 1. The van der Waals surface area contributed by atoms with E-state index in [4.69, 9.17) is 5.73 Å². The van der Waals surface area contributed by atoms with Crippen LogP contribution in [-0.2, 0) is 14.3 Å². The van der Waals surface area contributed by atoms with Gasteiger partial charge in [0.2, 0.25) is 5.91 Å². The average molecular weight is 300 g/mol. The summed E-state index contributed by atoms with van der Waals surface area (Å²) in [5.74, 6) is 0.196. The molecule has 0 saturated carbocycles. The van der Waals surface area contributed by atoms with E-state index >= 15 is 0 Å². The Morgan fingerprint density at radius 2 is 1.76 bits per heavy atom. The van der Waals surface area contributed by atoms with Crippen LogP contribution in [0.5, 0.6) is 0 Å². The molecule has 0 fully saturated rings.